The maximum atomic E-state index is 13.0. The molecular weight excluding hydrogens is 340 g/mol. The van der Waals surface area contributed by atoms with Gasteiger partial charge in [-0.15, -0.1) is 0 Å². The van der Waals surface area contributed by atoms with Gasteiger partial charge in [0.05, 0.1) is 30.6 Å². The van der Waals surface area contributed by atoms with Gasteiger partial charge < -0.3 is 9.47 Å². The van der Waals surface area contributed by atoms with E-state index >= 15 is 0 Å². The molecule has 0 radical (unpaired) electrons. The minimum atomic E-state index is -3.77. The summed E-state index contributed by atoms with van der Waals surface area (Å²) in [6, 6.07) is 8.00. The van der Waals surface area contributed by atoms with Gasteiger partial charge in [-0.3, -0.25) is 4.31 Å². The molecule has 3 rings (SSSR count). The minimum absolute atomic E-state index is 0.0818. The second kappa shape index (κ2) is 5.90. The number of hydrogen-bond donors (Lipinski definition) is 0. The molecule has 0 N–H and O–H groups in total. The normalized spacial score (nSPS) is 17.3. The van der Waals surface area contributed by atoms with E-state index in [1.165, 1.54) is 29.7 Å². The largest absolute Gasteiger partial charge is 0.485 e. The fraction of sp³-hybridized carbons (Fsp3) is 0.267. The smallest absolute Gasteiger partial charge is 0.266 e. The van der Waals surface area contributed by atoms with E-state index < -0.39 is 10.0 Å². The van der Waals surface area contributed by atoms with Gasteiger partial charge >= 0.3 is 0 Å². The van der Waals surface area contributed by atoms with E-state index in [-0.39, 0.29) is 17.5 Å². The Morgan fingerprint density at radius 1 is 1.35 bits per heavy atom. The lowest BCUT2D eigenvalue weighted by Crippen LogP contribution is -2.42. The highest BCUT2D eigenvalue weighted by Gasteiger charge is 2.34. The molecule has 6 nitrogen and oxygen atoms in total. The Morgan fingerprint density at radius 2 is 2.13 bits per heavy atom. The molecule has 2 aromatic rings. The van der Waals surface area contributed by atoms with Crippen LogP contribution >= 0.6 is 11.6 Å². The Hall–Kier alpha value is -1.99. The molecule has 2 heterocycles. The van der Waals surface area contributed by atoms with Crippen molar-refractivity contribution in [2.75, 3.05) is 18.0 Å². The maximum absolute atomic E-state index is 13.0. The number of rotatable bonds is 3. The zero-order valence-corrected chi connectivity index (χ0v) is 14.1. The van der Waals surface area contributed by atoms with Gasteiger partial charge in [-0.2, -0.15) is 0 Å². The number of halogens is 1. The predicted octanol–water partition coefficient (Wildman–Crippen LogP) is 2.72. The Balaban J connectivity index is 2.08. The average molecular weight is 355 g/mol. The first-order valence-electron chi connectivity index (χ1n) is 6.91. The summed E-state index contributed by atoms with van der Waals surface area (Å²) in [7, 11) is -2.30. The van der Waals surface area contributed by atoms with Crippen LogP contribution in [0.2, 0.25) is 5.02 Å². The highest BCUT2D eigenvalue weighted by atomic mass is 35.5. The molecule has 1 unspecified atom stereocenters. The lowest BCUT2D eigenvalue weighted by molar-refractivity contribution is 0.219. The van der Waals surface area contributed by atoms with Gasteiger partial charge in [-0.05, 0) is 25.1 Å². The van der Waals surface area contributed by atoms with Crippen LogP contribution in [0.5, 0.6) is 11.6 Å². The zero-order valence-electron chi connectivity index (χ0n) is 12.6. The van der Waals surface area contributed by atoms with Crippen molar-refractivity contribution in [1.29, 1.82) is 0 Å². The highest BCUT2D eigenvalue weighted by Crippen LogP contribution is 2.41. The summed E-state index contributed by atoms with van der Waals surface area (Å²) in [6.45, 7) is 1.99. The van der Waals surface area contributed by atoms with Crippen LogP contribution in [0.1, 0.15) is 6.92 Å². The number of methoxy groups -OCH3 is 1. The molecule has 122 valence electrons. The number of sulfonamides is 1. The molecule has 0 fully saturated rings. The van der Waals surface area contributed by atoms with E-state index in [2.05, 4.69) is 4.98 Å². The monoisotopic (exact) mass is 354 g/mol. The molecule has 1 aliphatic rings. The summed E-state index contributed by atoms with van der Waals surface area (Å²) in [5.74, 6) is 0.723. The van der Waals surface area contributed by atoms with Crippen LogP contribution in [0.15, 0.2) is 41.4 Å². The number of aromatic nitrogens is 1. The summed E-state index contributed by atoms with van der Waals surface area (Å²) in [5.41, 5.74) is 0.423. The third-order valence-electron chi connectivity index (χ3n) is 3.46. The number of ether oxygens (including phenoxy) is 2. The molecule has 0 bridgehead atoms. The van der Waals surface area contributed by atoms with Crippen molar-refractivity contribution in [1.82, 2.24) is 4.98 Å². The van der Waals surface area contributed by atoms with Gasteiger partial charge in [0.15, 0.2) is 5.75 Å². The standard InChI is InChI=1S/C15H15ClN2O4S/c1-10-9-18(13-5-3-4-12(16)15(13)22-10)23(19,20)11-6-7-14(21-2)17-8-11/h3-8,10H,9H2,1-2H3. The summed E-state index contributed by atoms with van der Waals surface area (Å²) < 4.78 is 37.8. The highest BCUT2D eigenvalue weighted by molar-refractivity contribution is 7.92. The van der Waals surface area contributed by atoms with Gasteiger partial charge in [0.1, 0.15) is 11.0 Å². The van der Waals surface area contributed by atoms with Crippen LogP contribution in [0.4, 0.5) is 5.69 Å². The zero-order chi connectivity index (χ0) is 16.6. The molecule has 0 aliphatic carbocycles. The first-order valence-corrected chi connectivity index (χ1v) is 8.73. The predicted molar refractivity (Wildman–Crippen MR) is 86.9 cm³/mol. The Bertz CT molecular complexity index is 824. The van der Waals surface area contributed by atoms with Crippen molar-refractivity contribution in [3.63, 3.8) is 0 Å². The first-order chi connectivity index (χ1) is 10.9. The molecule has 1 aromatic carbocycles. The molecule has 1 aliphatic heterocycles. The summed E-state index contributed by atoms with van der Waals surface area (Å²) in [4.78, 5) is 4.05. The third-order valence-corrected chi connectivity index (χ3v) is 5.52. The molecular formula is C15H15ClN2O4S. The van der Waals surface area contributed by atoms with Gasteiger partial charge in [0.2, 0.25) is 5.88 Å². The van der Waals surface area contributed by atoms with Gasteiger partial charge in [-0.1, -0.05) is 17.7 Å². The van der Waals surface area contributed by atoms with Crippen molar-refractivity contribution in [3.05, 3.63) is 41.6 Å². The molecule has 23 heavy (non-hydrogen) atoms. The van der Waals surface area contributed by atoms with E-state index in [1.54, 1.807) is 25.1 Å². The van der Waals surface area contributed by atoms with Crippen LogP contribution in [-0.2, 0) is 10.0 Å². The average Bonchev–Trinajstić information content (AvgIpc) is 2.55. The number of fused-ring (bicyclic) bond motifs is 1. The maximum Gasteiger partial charge on any atom is 0.266 e. The van der Waals surface area contributed by atoms with E-state index in [1.807, 2.05) is 0 Å². The number of pyridine rings is 1. The van der Waals surface area contributed by atoms with Crippen molar-refractivity contribution in [3.8, 4) is 11.6 Å². The number of hydrogen-bond acceptors (Lipinski definition) is 5. The number of para-hydroxylation sites is 1. The van der Waals surface area contributed by atoms with Gasteiger partial charge in [-0.25, -0.2) is 13.4 Å². The number of anilines is 1. The van der Waals surface area contributed by atoms with Crippen molar-refractivity contribution >= 4 is 27.3 Å². The van der Waals surface area contributed by atoms with Crippen molar-refractivity contribution < 1.29 is 17.9 Å². The SMILES string of the molecule is COc1ccc(S(=O)(=O)N2CC(C)Oc3c(Cl)cccc32)cn1. The van der Waals surface area contributed by atoms with E-state index in [4.69, 9.17) is 21.1 Å². The van der Waals surface area contributed by atoms with Crippen LogP contribution in [-0.4, -0.2) is 33.2 Å². The molecule has 0 spiro atoms. The molecule has 0 saturated heterocycles. The Kier molecular flexibility index (Phi) is 4.08. The number of nitrogens with zero attached hydrogens (tertiary/aromatic N) is 2. The van der Waals surface area contributed by atoms with Crippen molar-refractivity contribution in [2.45, 2.75) is 17.9 Å². The first kappa shape index (κ1) is 15.9. The quantitative estimate of drug-likeness (QED) is 0.847. The lowest BCUT2D eigenvalue weighted by Gasteiger charge is -2.34. The van der Waals surface area contributed by atoms with Crippen LogP contribution in [0.3, 0.4) is 0 Å². The topological polar surface area (TPSA) is 68.7 Å². The number of benzene rings is 1. The summed E-state index contributed by atoms with van der Waals surface area (Å²) in [5, 5.41) is 0.377. The van der Waals surface area contributed by atoms with Crippen LogP contribution in [0, 0.1) is 0 Å². The molecule has 0 amide bonds. The molecule has 8 heteroatoms. The van der Waals surface area contributed by atoms with Crippen molar-refractivity contribution in [2.24, 2.45) is 0 Å². The van der Waals surface area contributed by atoms with E-state index in [0.29, 0.717) is 22.3 Å². The Morgan fingerprint density at radius 3 is 2.78 bits per heavy atom. The van der Waals surface area contributed by atoms with Crippen LogP contribution < -0.4 is 13.8 Å². The lowest BCUT2D eigenvalue weighted by atomic mass is 10.2. The fourth-order valence-electron chi connectivity index (χ4n) is 2.38. The molecule has 0 saturated carbocycles. The van der Waals surface area contributed by atoms with E-state index in [0.717, 1.165) is 0 Å². The molecule has 1 aromatic heterocycles. The van der Waals surface area contributed by atoms with Gasteiger partial charge in [0.25, 0.3) is 10.0 Å². The second-order valence-electron chi connectivity index (χ2n) is 5.09. The second-order valence-corrected chi connectivity index (χ2v) is 7.36. The third kappa shape index (κ3) is 2.82. The van der Waals surface area contributed by atoms with E-state index in [9.17, 15) is 8.42 Å². The minimum Gasteiger partial charge on any atom is -0.485 e. The van der Waals surface area contributed by atoms with Crippen LogP contribution in [0.25, 0.3) is 0 Å². The molecule has 1 atom stereocenters. The Labute approximate surface area is 139 Å². The summed E-state index contributed by atoms with van der Waals surface area (Å²) in [6.07, 6.45) is 0.960. The van der Waals surface area contributed by atoms with Gasteiger partial charge in [0, 0.05) is 6.07 Å². The summed E-state index contributed by atoms with van der Waals surface area (Å²) >= 11 is 6.13. The fourth-order valence-corrected chi connectivity index (χ4v) is 4.08.